The second-order valence-corrected chi connectivity index (χ2v) is 17.0. The van der Waals surface area contributed by atoms with Crippen molar-refractivity contribution in [3.05, 3.63) is 237 Å². The summed E-state index contributed by atoms with van der Waals surface area (Å²) < 4.78 is 0. The number of nitrogens with zero attached hydrogens (tertiary/aromatic N) is 9. The van der Waals surface area contributed by atoms with Crippen molar-refractivity contribution in [3.63, 3.8) is 0 Å². The predicted octanol–water partition coefficient (Wildman–Crippen LogP) is 13.5. The molecule has 70 heavy (non-hydrogen) atoms. The molecular formula is C60H39BN9. The Balaban J connectivity index is 0.00000505. The third-order valence-electron chi connectivity index (χ3n) is 12.7. The van der Waals surface area contributed by atoms with Crippen molar-refractivity contribution in [3.8, 4) is 83.8 Å². The highest BCUT2D eigenvalue weighted by atomic mass is 15.5. The lowest BCUT2D eigenvalue weighted by molar-refractivity contribution is 0.766. The third kappa shape index (κ3) is 7.69. The van der Waals surface area contributed by atoms with Gasteiger partial charge in [-0.3, -0.25) is 0 Å². The van der Waals surface area contributed by atoms with Crippen LogP contribution in [0.15, 0.2) is 237 Å². The number of hydrogen-bond acceptors (Lipinski definition) is 6. The van der Waals surface area contributed by atoms with Gasteiger partial charge in [0, 0.05) is 8.41 Å². The molecule has 9 nitrogen and oxygen atoms in total. The first-order valence-electron chi connectivity index (χ1n) is 22.9. The van der Waals surface area contributed by atoms with Gasteiger partial charge in [0.15, 0.2) is 0 Å². The minimum absolute atomic E-state index is 0. The van der Waals surface area contributed by atoms with Gasteiger partial charge in [0.2, 0.25) is 0 Å². The molecule has 0 aliphatic rings. The van der Waals surface area contributed by atoms with Gasteiger partial charge in [-0.25, -0.2) is 0 Å². The van der Waals surface area contributed by atoms with Crippen LogP contribution in [0.25, 0.3) is 117 Å². The summed E-state index contributed by atoms with van der Waals surface area (Å²) in [5.41, 5.74) is 21.2. The van der Waals surface area contributed by atoms with E-state index in [1.807, 2.05) is 72.8 Å². The van der Waals surface area contributed by atoms with E-state index in [1.54, 1.807) is 14.4 Å². The Morgan fingerprint density at radius 2 is 0.386 bits per heavy atom. The van der Waals surface area contributed by atoms with E-state index in [-0.39, 0.29) is 8.41 Å². The lowest BCUT2D eigenvalue weighted by Crippen LogP contribution is -1.98. The van der Waals surface area contributed by atoms with Crippen LogP contribution in [-0.4, -0.2) is 53.4 Å². The average Bonchev–Trinajstić information content (AvgIpc) is 4.19. The smallest absolute Gasteiger partial charge is 0.113 e. The van der Waals surface area contributed by atoms with Crippen LogP contribution in [0, 0.1) is 0 Å². The Hall–Kier alpha value is -9.54. The fourth-order valence-corrected chi connectivity index (χ4v) is 9.30. The molecule has 0 aliphatic heterocycles. The van der Waals surface area contributed by atoms with Gasteiger partial charge >= 0.3 is 0 Å². The topological polar surface area (TPSA) is 92.1 Å². The molecule has 0 fully saturated rings. The summed E-state index contributed by atoms with van der Waals surface area (Å²) >= 11 is 0. The highest BCUT2D eigenvalue weighted by Crippen LogP contribution is 2.42. The summed E-state index contributed by atoms with van der Waals surface area (Å²) in [5, 5.41) is 28.4. The lowest BCUT2D eigenvalue weighted by atomic mass is 9.86. The molecule has 0 saturated carbocycles. The van der Waals surface area contributed by atoms with Crippen LogP contribution in [0.1, 0.15) is 0 Å². The molecule has 0 saturated heterocycles. The Morgan fingerprint density at radius 3 is 0.600 bits per heavy atom. The van der Waals surface area contributed by atoms with Gasteiger partial charge in [0.05, 0.1) is 17.1 Å². The minimum Gasteiger partial charge on any atom is -0.150 e. The fourth-order valence-electron chi connectivity index (χ4n) is 9.30. The van der Waals surface area contributed by atoms with Crippen molar-refractivity contribution < 1.29 is 0 Å². The molecule has 0 aliphatic carbocycles. The molecule has 3 aromatic heterocycles. The minimum atomic E-state index is 0. The summed E-state index contributed by atoms with van der Waals surface area (Å²) in [6.45, 7) is 0. The molecule has 10 heteroatoms. The Bertz CT molecular complexity index is 3490. The Kier molecular flexibility index (Phi) is 10.5. The Labute approximate surface area is 405 Å². The molecule has 0 unspecified atom stereocenters. The second kappa shape index (κ2) is 17.6. The molecule has 327 valence electrons. The molecule has 3 radical (unpaired) electrons. The van der Waals surface area contributed by atoms with Gasteiger partial charge in [-0.1, -0.05) is 146 Å². The van der Waals surface area contributed by atoms with E-state index in [1.165, 1.54) is 0 Å². The van der Waals surface area contributed by atoms with Crippen LogP contribution in [-0.2, 0) is 0 Å². The largest absolute Gasteiger partial charge is 0.150 e. The van der Waals surface area contributed by atoms with Crippen LogP contribution in [0.3, 0.4) is 0 Å². The maximum absolute atomic E-state index is 4.73. The van der Waals surface area contributed by atoms with Crippen molar-refractivity contribution in [2.75, 3.05) is 0 Å². The predicted molar refractivity (Wildman–Crippen MR) is 282 cm³/mol. The summed E-state index contributed by atoms with van der Waals surface area (Å²) in [4.78, 5) is 5.12. The first-order chi connectivity index (χ1) is 34.1. The van der Waals surface area contributed by atoms with Crippen LogP contribution < -0.4 is 0 Å². The quantitative estimate of drug-likeness (QED) is 0.134. The zero-order valence-corrected chi connectivity index (χ0v) is 37.6. The molecule has 13 aromatic rings. The first-order valence-corrected chi connectivity index (χ1v) is 22.9. The Morgan fingerprint density at radius 1 is 0.200 bits per heavy atom. The van der Waals surface area contributed by atoms with Crippen molar-refractivity contribution in [2.24, 2.45) is 0 Å². The van der Waals surface area contributed by atoms with Gasteiger partial charge in [0.25, 0.3) is 0 Å². The van der Waals surface area contributed by atoms with E-state index >= 15 is 0 Å². The van der Waals surface area contributed by atoms with Crippen molar-refractivity contribution in [2.45, 2.75) is 0 Å². The lowest BCUT2D eigenvalue weighted by Gasteiger charge is -2.18. The maximum Gasteiger partial charge on any atom is 0.113 e. The third-order valence-corrected chi connectivity index (χ3v) is 12.7. The molecule has 0 amide bonds. The highest BCUT2D eigenvalue weighted by Gasteiger charge is 2.17. The number of aromatic nitrogens is 9. The number of benzene rings is 10. The van der Waals surface area contributed by atoms with E-state index in [0.717, 1.165) is 117 Å². The van der Waals surface area contributed by atoms with E-state index in [0.29, 0.717) is 0 Å². The molecule has 10 aromatic carbocycles. The number of rotatable bonds is 9. The van der Waals surface area contributed by atoms with E-state index in [2.05, 4.69) is 164 Å². The summed E-state index contributed by atoms with van der Waals surface area (Å²) in [5.74, 6) is 0. The van der Waals surface area contributed by atoms with Crippen molar-refractivity contribution in [1.29, 1.82) is 0 Å². The van der Waals surface area contributed by atoms with E-state index in [4.69, 9.17) is 30.6 Å². The highest BCUT2D eigenvalue weighted by molar-refractivity contribution is 5.94. The van der Waals surface area contributed by atoms with E-state index in [9.17, 15) is 0 Å². The summed E-state index contributed by atoms with van der Waals surface area (Å²) in [6, 6.07) is 82.3. The maximum atomic E-state index is 4.73. The van der Waals surface area contributed by atoms with Crippen LogP contribution in [0.2, 0.25) is 0 Å². The van der Waals surface area contributed by atoms with Gasteiger partial charge in [-0.2, -0.15) is 14.4 Å². The number of fused-ring (bicyclic) bond motifs is 3. The van der Waals surface area contributed by atoms with Crippen LogP contribution in [0.4, 0.5) is 0 Å². The van der Waals surface area contributed by atoms with Gasteiger partial charge in [-0.15, -0.1) is 30.6 Å². The molecule has 3 heterocycles. The zero-order valence-electron chi connectivity index (χ0n) is 37.6. The molecule has 0 atom stereocenters. The molecule has 0 N–H and O–H groups in total. The van der Waals surface area contributed by atoms with Crippen molar-refractivity contribution in [1.82, 2.24) is 45.0 Å². The zero-order chi connectivity index (χ0) is 45.7. The summed E-state index contributed by atoms with van der Waals surface area (Å²) in [7, 11) is 0. The molecule has 0 bridgehead atoms. The van der Waals surface area contributed by atoms with Crippen LogP contribution in [0.5, 0.6) is 0 Å². The average molecular weight is 897 g/mol. The monoisotopic (exact) mass is 896 g/mol. The fraction of sp³-hybridized carbons (Fsp3) is 0. The number of hydrogen-bond donors (Lipinski definition) is 0. The first kappa shape index (κ1) is 41.9. The second-order valence-electron chi connectivity index (χ2n) is 17.0. The summed E-state index contributed by atoms with van der Waals surface area (Å²) in [6.07, 6.45) is 0. The van der Waals surface area contributed by atoms with E-state index < -0.39 is 0 Å². The van der Waals surface area contributed by atoms with Gasteiger partial charge in [-0.05, 0) is 158 Å². The van der Waals surface area contributed by atoms with Crippen LogP contribution >= 0.6 is 0 Å². The van der Waals surface area contributed by atoms with Gasteiger partial charge in [0.1, 0.15) is 33.1 Å². The molecule has 0 spiro atoms. The normalized spacial score (nSPS) is 11.3. The molecular weight excluding hydrogens is 858 g/mol. The van der Waals surface area contributed by atoms with Gasteiger partial charge < -0.3 is 0 Å². The standard InChI is InChI=1S/C60H39N9.B/c1-4-16-52(49(13-1)40-25-31-46(32-26-40)67-61-55-19-7-8-20-56(55)62-67)43-37-44(53-17-5-2-14-50(53)41-27-33-47(34-28-41)68-63-57-21-9-10-22-58(57)64-68)39-45(38-43)54-18-6-3-15-51(54)42-29-35-48(36-30-42)69-65-59-23-11-12-24-60(59)66-69;/h1-39H;. The molecule has 13 rings (SSSR count). The SMILES string of the molecule is [B].c1ccc(-c2cc(-c3ccccc3-c3ccc(-n4nc5ccccc5n4)cc3)cc(-c3ccccc3-c3ccc(-n4nc5ccccc5n4)cc3)c2)c(-c2ccc(-n3nc4ccccc4n3)cc2)c1. The van der Waals surface area contributed by atoms with Crippen molar-refractivity contribution >= 4 is 41.5 Å².